The number of ether oxygens (including phenoxy) is 1. The zero-order valence-corrected chi connectivity index (χ0v) is 24.1. The van der Waals surface area contributed by atoms with E-state index in [1.165, 1.54) is 0 Å². The number of nitriles is 1. The van der Waals surface area contributed by atoms with Crippen molar-refractivity contribution < 1.29 is 19.1 Å². The third kappa shape index (κ3) is 6.60. The highest BCUT2D eigenvalue weighted by atomic mass is 16.5. The lowest BCUT2D eigenvalue weighted by Gasteiger charge is -2.44. The molecule has 0 aromatic carbocycles. The summed E-state index contributed by atoms with van der Waals surface area (Å²) in [5.41, 5.74) is 3.52. The highest BCUT2D eigenvalue weighted by molar-refractivity contribution is 6.36. The van der Waals surface area contributed by atoms with Gasteiger partial charge in [0.15, 0.2) is 0 Å². The Balaban J connectivity index is 1.50. The Hall–Kier alpha value is -2.99. The number of nitrogens with one attached hydrogen (secondary N) is 1. The first kappa shape index (κ1) is 29.0. The lowest BCUT2D eigenvalue weighted by Crippen LogP contribution is -2.57. The molecule has 1 saturated heterocycles. The number of anilines is 1. The molecule has 9 nitrogen and oxygen atoms in total. The van der Waals surface area contributed by atoms with Gasteiger partial charge in [-0.25, -0.2) is 4.98 Å². The van der Waals surface area contributed by atoms with Crippen LogP contribution in [0.15, 0.2) is 0 Å². The maximum atomic E-state index is 13.2. The summed E-state index contributed by atoms with van der Waals surface area (Å²) in [6.45, 7) is 12.9. The largest absolute Gasteiger partial charge is 0.370 e. The van der Waals surface area contributed by atoms with Crippen molar-refractivity contribution >= 4 is 23.4 Å². The molecule has 3 aliphatic rings. The van der Waals surface area contributed by atoms with E-state index in [0.717, 1.165) is 48.3 Å². The minimum Gasteiger partial charge on any atom is -0.370 e. The van der Waals surface area contributed by atoms with Crippen molar-refractivity contribution in [3.8, 4) is 6.07 Å². The lowest BCUT2D eigenvalue weighted by molar-refractivity contribution is -0.140. The SMILES string of the molecule is CCCCNC(=O)C(=O)CCC(=O)N1CCN(c2nc(C3CC3)c3c(c2C#N)CC(C)(C)OC3)CC1C(C)C. The van der Waals surface area contributed by atoms with E-state index < -0.39 is 11.7 Å². The highest BCUT2D eigenvalue weighted by Gasteiger charge is 2.39. The summed E-state index contributed by atoms with van der Waals surface area (Å²) in [6, 6.07) is 2.38. The van der Waals surface area contributed by atoms with Gasteiger partial charge in [-0.1, -0.05) is 27.2 Å². The van der Waals surface area contributed by atoms with E-state index in [4.69, 9.17) is 9.72 Å². The highest BCUT2D eigenvalue weighted by Crippen LogP contribution is 2.46. The van der Waals surface area contributed by atoms with Crippen LogP contribution in [0.1, 0.15) is 101 Å². The molecule has 0 spiro atoms. The normalized spacial score (nSPS) is 20.4. The molecular weight excluding hydrogens is 494 g/mol. The minimum absolute atomic E-state index is 0.0186. The van der Waals surface area contributed by atoms with E-state index in [2.05, 4.69) is 44.0 Å². The molecule has 1 aliphatic carbocycles. The number of pyridine rings is 1. The Morgan fingerprint density at radius 2 is 1.92 bits per heavy atom. The van der Waals surface area contributed by atoms with E-state index in [1.807, 2.05) is 11.8 Å². The second kappa shape index (κ2) is 12.0. The molecule has 212 valence electrons. The topological polar surface area (TPSA) is 116 Å². The third-order valence-electron chi connectivity index (χ3n) is 8.15. The monoisotopic (exact) mass is 537 g/mol. The average molecular weight is 538 g/mol. The number of aromatic nitrogens is 1. The maximum absolute atomic E-state index is 13.2. The number of nitrogens with zero attached hydrogens (tertiary/aromatic N) is 4. The average Bonchev–Trinajstić information content (AvgIpc) is 3.75. The molecule has 0 bridgehead atoms. The summed E-state index contributed by atoms with van der Waals surface area (Å²) < 4.78 is 6.11. The van der Waals surface area contributed by atoms with Crippen molar-refractivity contribution in [2.45, 2.75) is 104 Å². The number of ketones is 1. The quantitative estimate of drug-likeness (QED) is 0.358. The number of hydrogen-bond donors (Lipinski definition) is 1. The summed E-state index contributed by atoms with van der Waals surface area (Å²) in [6.07, 6.45) is 4.58. The third-order valence-corrected chi connectivity index (χ3v) is 8.15. The van der Waals surface area contributed by atoms with Gasteiger partial charge in [0.1, 0.15) is 11.9 Å². The predicted octanol–water partition coefficient (Wildman–Crippen LogP) is 3.62. The summed E-state index contributed by atoms with van der Waals surface area (Å²) in [5.74, 6) is 0.0606. The van der Waals surface area contributed by atoms with Crippen LogP contribution in [0, 0.1) is 17.2 Å². The van der Waals surface area contributed by atoms with Crippen molar-refractivity contribution in [1.82, 2.24) is 15.2 Å². The molecule has 0 radical (unpaired) electrons. The first-order valence-corrected chi connectivity index (χ1v) is 14.5. The zero-order chi connectivity index (χ0) is 28.3. The molecule has 4 rings (SSSR count). The Kier molecular flexibility index (Phi) is 8.95. The summed E-state index contributed by atoms with van der Waals surface area (Å²) >= 11 is 0. The van der Waals surface area contributed by atoms with Crippen LogP contribution in [0.25, 0.3) is 0 Å². The number of carbonyl (C=O) groups is 3. The van der Waals surface area contributed by atoms with Crippen LogP contribution in [0.4, 0.5) is 5.82 Å². The maximum Gasteiger partial charge on any atom is 0.287 e. The molecule has 9 heteroatoms. The van der Waals surface area contributed by atoms with Gasteiger partial charge in [-0.05, 0) is 44.6 Å². The Labute approximate surface area is 232 Å². The van der Waals surface area contributed by atoms with Gasteiger partial charge in [0, 0.05) is 56.9 Å². The van der Waals surface area contributed by atoms with E-state index >= 15 is 0 Å². The van der Waals surface area contributed by atoms with Crippen molar-refractivity contribution in [1.29, 1.82) is 5.26 Å². The van der Waals surface area contributed by atoms with Gasteiger partial charge in [0.2, 0.25) is 11.7 Å². The van der Waals surface area contributed by atoms with Gasteiger partial charge < -0.3 is 19.9 Å². The first-order chi connectivity index (χ1) is 18.6. The molecule has 1 unspecified atom stereocenters. The van der Waals surface area contributed by atoms with E-state index in [1.54, 1.807) is 0 Å². The molecule has 39 heavy (non-hydrogen) atoms. The van der Waals surface area contributed by atoms with Gasteiger partial charge >= 0.3 is 0 Å². The Morgan fingerprint density at radius 3 is 2.56 bits per heavy atom. The lowest BCUT2D eigenvalue weighted by atomic mass is 9.87. The molecule has 1 N–H and O–H groups in total. The fraction of sp³-hybridized carbons (Fsp3) is 0.700. The number of hydrogen-bond acceptors (Lipinski definition) is 7. The molecule has 2 amide bonds. The Morgan fingerprint density at radius 1 is 1.18 bits per heavy atom. The van der Waals surface area contributed by atoms with Crippen molar-refractivity contribution in [2.24, 2.45) is 5.92 Å². The van der Waals surface area contributed by atoms with E-state index in [0.29, 0.717) is 50.7 Å². The van der Waals surface area contributed by atoms with Crippen molar-refractivity contribution in [3.63, 3.8) is 0 Å². The number of piperazine rings is 1. The Bertz CT molecular complexity index is 1150. The summed E-state index contributed by atoms with van der Waals surface area (Å²) in [7, 11) is 0. The van der Waals surface area contributed by atoms with Crippen LogP contribution >= 0.6 is 0 Å². The molecule has 1 aromatic rings. The van der Waals surface area contributed by atoms with E-state index in [-0.39, 0.29) is 36.3 Å². The number of unbranched alkanes of at least 4 members (excludes halogenated alkanes) is 1. The number of amides is 2. The molecule has 2 fully saturated rings. The second-order valence-electron chi connectivity index (χ2n) is 12.1. The van der Waals surface area contributed by atoms with Crippen molar-refractivity contribution in [3.05, 3.63) is 22.4 Å². The fourth-order valence-corrected chi connectivity index (χ4v) is 5.66. The minimum atomic E-state index is -0.607. The van der Waals surface area contributed by atoms with Gasteiger partial charge in [0.25, 0.3) is 5.91 Å². The van der Waals surface area contributed by atoms with E-state index in [9.17, 15) is 19.6 Å². The van der Waals surface area contributed by atoms with Crippen LogP contribution in [0.3, 0.4) is 0 Å². The summed E-state index contributed by atoms with van der Waals surface area (Å²) in [5, 5.41) is 12.9. The van der Waals surface area contributed by atoms with Gasteiger partial charge in [-0.15, -0.1) is 0 Å². The van der Waals surface area contributed by atoms with Gasteiger partial charge in [0.05, 0.1) is 29.5 Å². The van der Waals surface area contributed by atoms with Crippen molar-refractivity contribution in [2.75, 3.05) is 31.1 Å². The smallest absolute Gasteiger partial charge is 0.287 e. The number of Topliss-reactive ketones (excluding diaryl/α,β-unsaturated/α-hetero) is 1. The summed E-state index contributed by atoms with van der Waals surface area (Å²) in [4.78, 5) is 46.6. The number of fused-ring (bicyclic) bond motifs is 1. The van der Waals surface area contributed by atoms with Crippen LogP contribution in [0.2, 0.25) is 0 Å². The molecule has 1 atom stereocenters. The number of rotatable bonds is 10. The van der Waals surface area contributed by atoms with Crippen LogP contribution in [-0.4, -0.2) is 65.3 Å². The standard InChI is InChI=1S/C30H43N5O4/c1-6-7-12-32-29(38)25(36)10-11-26(37)35-14-13-34(17-24(35)19(2)3)28-22(16-31)21-15-30(4,5)39-18-23(21)27(33-28)20-8-9-20/h19-20,24H,6-15,17-18H2,1-5H3,(H,32,38). The second-order valence-corrected chi connectivity index (χ2v) is 12.1. The van der Waals surface area contributed by atoms with Gasteiger partial charge in [-0.2, -0.15) is 5.26 Å². The molecule has 3 heterocycles. The van der Waals surface area contributed by atoms with Crippen LogP contribution in [-0.2, 0) is 32.1 Å². The number of carbonyl (C=O) groups excluding carboxylic acids is 3. The van der Waals surface area contributed by atoms with Crippen LogP contribution < -0.4 is 10.2 Å². The fourth-order valence-electron chi connectivity index (χ4n) is 5.66. The first-order valence-electron chi connectivity index (χ1n) is 14.5. The zero-order valence-electron chi connectivity index (χ0n) is 24.1. The van der Waals surface area contributed by atoms with Crippen LogP contribution in [0.5, 0.6) is 0 Å². The molecule has 1 aromatic heterocycles. The molecular formula is C30H43N5O4. The van der Waals surface area contributed by atoms with Gasteiger partial charge in [-0.3, -0.25) is 14.4 Å². The predicted molar refractivity (Wildman–Crippen MR) is 148 cm³/mol. The molecule has 1 saturated carbocycles. The molecule has 2 aliphatic heterocycles.